The number of halogens is 3. The van der Waals surface area contributed by atoms with E-state index in [2.05, 4.69) is 0 Å². The van der Waals surface area contributed by atoms with E-state index >= 15 is 0 Å². The highest BCUT2D eigenvalue weighted by atomic mass is 32.1. The molecule has 0 spiro atoms. The number of hydrogen-bond donors (Lipinski definition) is 1. The van der Waals surface area contributed by atoms with Gasteiger partial charge in [-0.3, -0.25) is 0 Å². The van der Waals surface area contributed by atoms with Gasteiger partial charge in [-0.1, -0.05) is 6.92 Å². The Balaban J connectivity index is 2.87. The van der Waals surface area contributed by atoms with Crippen LogP contribution in [0.5, 0.6) is 0 Å². The Kier molecular flexibility index (Phi) is 2.98. The van der Waals surface area contributed by atoms with Crippen LogP contribution >= 0.6 is 11.3 Å². The van der Waals surface area contributed by atoms with Crippen molar-refractivity contribution in [1.29, 1.82) is 0 Å². The molecule has 0 aliphatic carbocycles. The van der Waals surface area contributed by atoms with Gasteiger partial charge in [0.05, 0.1) is 0 Å². The molecule has 1 aromatic heterocycles. The highest BCUT2D eigenvalue weighted by Crippen LogP contribution is 2.36. The summed E-state index contributed by atoms with van der Waals surface area (Å²) in [6.45, 7) is 2.18. The fourth-order valence-electron chi connectivity index (χ4n) is 0.886. The second kappa shape index (κ2) is 3.67. The number of nitrogens with two attached hydrogens (primary N) is 1. The zero-order valence-electron chi connectivity index (χ0n) is 7.06. The maximum atomic E-state index is 12.1. The molecule has 0 saturated carbocycles. The topological polar surface area (TPSA) is 26.0 Å². The first-order valence-electron chi connectivity index (χ1n) is 3.82. The summed E-state index contributed by atoms with van der Waals surface area (Å²) in [5.74, 6) is 0.00102. The van der Waals surface area contributed by atoms with Crippen LogP contribution in [0.1, 0.15) is 22.6 Å². The molecule has 74 valence electrons. The van der Waals surface area contributed by atoms with Crippen molar-refractivity contribution in [2.24, 2.45) is 5.73 Å². The first-order valence-corrected chi connectivity index (χ1v) is 4.63. The lowest BCUT2D eigenvalue weighted by molar-refractivity contribution is -0.134. The Labute approximate surface area is 78.4 Å². The Bertz CT molecular complexity index is 279. The van der Waals surface area contributed by atoms with Crippen molar-refractivity contribution in [3.63, 3.8) is 0 Å². The Hall–Kier alpha value is -0.550. The predicted molar refractivity (Wildman–Crippen MR) is 46.8 cm³/mol. The largest absolute Gasteiger partial charge is 0.425 e. The molecule has 0 aliphatic heterocycles. The number of thiophene rings is 1. The maximum absolute atomic E-state index is 12.1. The van der Waals surface area contributed by atoms with Crippen molar-refractivity contribution in [3.8, 4) is 0 Å². The summed E-state index contributed by atoms with van der Waals surface area (Å²) in [7, 11) is 0. The van der Waals surface area contributed by atoms with Crippen molar-refractivity contribution in [1.82, 2.24) is 0 Å². The van der Waals surface area contributed by atoms with E-state index in [9.17, 15) is 13.2 Å². The summed E-state index contributed by atoms with van der Waals surface area (Å²) < 4.78 is 36.4. The molecule has 0 radical (unpaired) electrons. The fourth-order valence-corrected chi connectivity index (χ4v) is 1.83. The van der Waals surface area contributed by atoms with Gasteiger partial charge in [0.1, 0.15) is 4.88 Å². The lowest BCUT2D eigenvalue weighted by Crippen LogP contribution is -2.07. The minimum Gasteiger partial charge on any atom is -0.330 e. The molecule has 1 heterocycles. The Morgan fingerprint density at radius 3 is 2.46 bits per heavy atom. The summed E-state index contributed by atoms with van der Waals surface area (Å²) in [5.41, 5.74) is 5.35. The third-order valence-electron chi connectivity index (χ3n) is 1.75. The van der Waals surface area contributed by atoms with E-state index in [4.69, 9.17) is 5.73 Å². The average Bonchev–Trinajstić information content (AvgIpc) is 2.50. The molecule has 2 N–H and O–H groups in total. The van der Waals surface area contributed by atoms with Crippen LogP contribution in [0.3, 0.4) is 0 Å². The van der Waals surface area contributed by atoms with E-state index < -0.39 is 11.1 Å². The monoisotopic (exact) mass is 209 g/mol. The molecule has 0 amide bonds. The minimum atomic E-state index is -4.22. The second-order valence-electron chi connectivity index (χ2n) is 2.84. The van der Waals surface area contributed by atoms with Gasteiger partial charge in [-0.15, -0.1) is 11.3 Å². The van der Waals surface area contributed by atoms with Gasteiger partial charge >= 0.3 is 6.18 Å². The molecule has 1 aromatic rings. The molecule has 1 rings (SSSR count). The van der Waals surface area contributed by atoms with Crippen molar-refractivity contribution in [3.05, 3.63) is 21.9 Å². The zero-order valence-corrected chi connectivity index (χ0v) is 7.88. The Morgan fingerprint density at radius 1 is 1.46 bits per heavy atom. The van der Waals surface area contributed by atoms with Crippen LogP contribution < -0.4 is 5.73 Å². The van der Waals surface area contributed by atoms with E-state index in [1.54, 1.807) is 0 Å². The van der Waals surface area contributed by atoms with Crippen molar-refractivity contribution in [2.45, 2.75) is 19.0 Å². The minimum absolute atomic E-state index is 0.00102. The van der Waals surface area contributed by atoms with Gasteiger partial charge in [-0.05, 0) is 18.7 Å². The number of alkyl halides is 3. The second-order valence-corrected chi connectivity index (χ2v) is 3.95. The normalized spacial score (nSPS) is 14.5. The third-order valence-corrected chi connectivity index (χ3v) is 3.11. The van der Waals surface area contributed by atoms with Crippen LogP contribution in [-0.2, 0) is 6.18 Å². The van der Waals surface area contributed by atoms with Crippen molar-refractivity contribution < 1.29 is 13.2 Å². The summed E-state index contributed by atoms with van der Waals surface area (Å²) >= 11 is 0.767. The van der Waals surface area contributed by atoms with E-state index in [-0.39, 0.29) is 5.92 Å². The van der Waals surface area contributed by atoms with Crippen molar-refractivity contribution >= 4 is 11.3 Å². The molecule has 1 nitrogen and oxygen atoms in total. The molecular formula is C8H10F3NS. The van der Waals surface area contributed by atoms with Gasteiger partial charge in [-0.25, -0.2) is 0 Å². The van der Waals surface area contributed by atoms with Gasteiger partial charge in [0, 0.05) is 10.8 Å². The number of rotatable bonds is 2. The lowest BCUT2D eigenvalue weighted by Gasteiger charge is -2.04. The first-order chi connectivity index (χ1) is 5.95. The number of hydrogen-bond acceptors (Lipinski definition) is 2. The summed E-state index contributed by atoms with van der Waals surface area (Å²) in [4.78, 5) is 0.137. The summed E-state index contributed by atoms with van der Waals surface area (Å²) in [6.07, 6.45) is -4.22. The molecule has 0 bridgehead atoms. The quantitative estimate of drug-likeness (QED) is 0.796. The average molecular weight is 209 g/mol. The molecule has 0 saturated heterocycles. The summed E-state index contributed by atoms with van der Waals surface area (Å²) in [6, 6.07) is 2.59. The molecule has 0 aromatic carbocycles. The SMILES string of the molecule is CC(CN)c1ccc(C(F)(F)F)s1. The highest BCUT2D eigenvalue weighted by Gasteiger charge is 2.32. The predicted octanol–water partition coefficient (Wildman–Crippen LogP) is 2.83. The van der Waals surface area contributed by atoms with Gasteiger partial charge in [-0.2, -0.15) is 13.2 Å². The molecule has 5 heteroatoms. The van der Waals surface area contributed by atoms with E-state index in [1.165, 1.54) is 6.07 Å². The van der Waals surface area contributed by atoms with Gasteiger partial charge in [0.2, 0.25) is 0 Å². The third kappa shape index (κ3) is 2.45. The van der Waals surface area contributed by atoms with Gasteiger partial charge in [0.15, 0.2) is 0 Å². The molecule has 1 unspecified atom stereocenters. The molecule has 1 atom stereocenters. The van der Waals surface area contributed by atoms with E-state index in [0.29, 0.717) is 11.4 Å². The van der Waals surface area contributed by atoms with Crippen LogP contribution in [0.2, 0.25) is 0 Å². The van der Waals surface area contributed by atoms with E-state index in [0.717, 1.165) is 17.4 Å². The van der Waals surface area contributed by atoms with Crippen LogP contribution in [0.4, 0.5) is 13.2 Å². The van der Waals surface area contributed by atoms with Gasteiger partial charge < -0.3 is 5.73 Å². The first kappa shape index (κ1) is 10.5. The van der Waals surface area contributed by atoms with Crippen LogP contribution in [0.15, 0.2) is 12.1 Å². The Morgan fingerprint density at radius 2 is 2.08 bits per heavy atom. The molecule has 0 fully saturated rings. The lowest BCUT2D eigenvalue weighted by atomic mass is 10.1. The molecular weight excluding hydrogens is 199 g/mol. The van der Waals surface area contributed by atoms with Gasteiger partial charge in [0.25, 0.3) is 0 Å². The molecule has 0 aliphatic rings. The smallest absolute Gasteiger partial charge is 0.330 e. The maximum Gasteiger partial charge on any atom is 0.425 e. The zero-order chi connectivity index (χ0) is 10.1. The molecule has 13 heavy (non-hydrogen) atoms. The highest BCUT2D eigenvalue weighted by molar-refractivity contribution is 7.12. The van der Waals surface area contributed by atoms with Crippen LogP contribution in [-0.4, -0.2) is 6.54 Å². The van der Waals surface area contributed by atoms with Crippen molar-refractivity contribution in [2.75, 3.05) is 6.54 Å². The summed E-state index contributed by atoms with van der Waals surface area (Å²) in [5, 5.41) is 0. The van der Waals surface area contributed by atoms with Crippen LogP contribution in [0.25, 0.3) is 0 Å². The standard InChI is InChI=1S/C8H10F3NS/c1-5(4-12)6-2-3-7(13-6)8(9,10)11/h2-3,5H,4,12H2,1H3. The fraction of sp³-hybridized carbons (Fsp3) is 0.500. The van der Waals surface area contributed by atoms with Crippen LogP contribution in [0, 0.1) is 0 Å². The van der Waals surface area contributed by atoms with E-state index in [1.807, 2.05) is 6.92 Å².